The second-order valence-electron chi connectivity index (χ2n) is 7.91. The lowest BCUT2D eigenvalue weighted by Gasteiger charge is -2.44. The number of hydrogen-bond donors (Lipinski definition) is 1. The van der Waals surface area contributed by atoms with Crippen LogP contribution in [-0.2, 0) is 13.0 Å². The zero-order valence-electron chi connectivity index (χ0n) is 16.8. The van der Waals surface area contributed by atoms with E-state index in [9.17, 15) is 5.11 Å². The number of hydrogen-bond acceptors (Lipinski definition) is 5. The topological polar surface area (TPSA) is 45.2 Å². The Morgan fingerprint density at radius 1 is 0.929 bits per heavy atom. The standard InChI is InChI=1S/C23H30N2O3/c1-27-22-9-6-10-23(28-2)21(22)16-25-14-19-12-20(26)15-24(19)13-18(25)11-17-7-4-3-5-8-17/h3-10,18-20,26H,11-16H2,1-2H3/t18-,19-,20+/m0/s1. The van der Waals surface area contributed by atoms with Gasteiger partial charge < -0.3 is 14.6 Å². The van der Waals surface area contributed by atoms with Crippen molar-refractivity contribution in [3.8, 4) is 11.5 Å². The maximum absolute atomic E-state index is 10.2. The number of aliphatic hydroxyl groups is 1. The number of benzene rings is 2. The largest absolute Gasteiger partial charge is 0.496 e. The first-order valence-electron chi connectivity index (χ1n) is 10.1. The van der Waals surface area contributed by atoms with Gasteiger partial charge in [-0.25, -0.2) is 0 Å². The van der Waals surface area contributed by atoms with E-state index in [1.54, 1.807) is 14.2 Å². The summed E-state index contributed by atoms with van der Waals surface area (Å²) in [5, 5.41) is 10.2. The third-order valence-corrected chi connectivity index (χ3v) is 6.12. The molecule has 2 saturated heterocycles. The Hall–Kier alpha value is -2.08. The molecule has 0 bridgehead atoms. The first-order valence-corrected chi connectivity index (χ1v) is 10.1. The number of nitrogens with zero attached hydrogens (tertiary/aromatic N) is 2. The highest BCUT2D eigenvalue weighted by molar-refractivity contribution is 5.44. The highest BCUT2D eigenvalue weighted by Gasteiger charge is 2.39. The van der Waals surface area contributed by atoms with Gasteiger partial charge in [-0.05, 0) is 30.5 Å². The molecule has 0 radical (unpaired) electrons. The van der Waals surface area contributed by atoms with Gasteiger partial charge in [0.1, 0.15) is 11.5 Å². The number of fused-ring (bicyclic) bond motifs is 1. The molecular formula is C23H30N2O3. The Labute approximate surface area is 167 Å². The van der Waals surface area contributed by atoms with Gasteiger partial charge in [0.25, 0.3) is 0 Å². The van der Waals surface area contributed by atoms with Crippen LogP contribution in [0.5, 0.6) is 11.5 Å². The van der Waals surface area contributed by atoms with Crippen LogP contribution >= 0.6 is 0 Å². The van der Waals surface area contributed by atoms with Crippen molar-refractivity contribution in [3.63, 3.8) is 0 Å². The van der Waals surface area contributed by atoms with E-state index in [-0.39, 0.29) is 6.10 Å². The van der Waals surface area contributed by atoms with Gasteiger partial charge in [-0.3, -0.25) is 9.80 Å². The lowest BCUT2D eigenvalue weighted by Crippen LogP contribution is -2.56. The van der Waals surface area contributed by atoms with E-state index in [1.165, 1.54) is 5.56 Å². The van der Waals surface area contributed by atoms with E-state index in [0.29, 0.717) is 12.1 Å². The van der Waals surface area contributed by atoms with Crippen LogP contribution in [0.1, 0.15) is 17.5 Å². The van der Waals surface area contributed by atoms with Gasteiger partial charge in [0, 0.05) is 38.3 Å². The van der Waals surface area contributed by atoms with Crippen LogP contribution in [0.3, 0.4) is 0 Å². The molecular weight excluding hydrogens is 352 g/mol. The zero-order valence-corrected chi connectivity index (χ0v) is 16.8. The molecule has 150 valence electrons. The fourth-order valence-corrected chi connectivity index (χ4v) is 4.74. The van der Waals surface area contributed by atoms with Gasteiger partial charge in [-0.15, -0.1) is 0 Å². The summed E-state index contributed by atoms with van der Waals surface area (Å²) in [4.78, 5) is 5.01. The molecule has 3 atom stereocenters. The van der Waals surface area contributed by atoms with Gasteiger partial charge in [-0.1, -0.05) is 36.4 Å². The van der Waals surface area contributed by atoms with Crippen molar-refractivity contribution >= 4 is 0 Å². The number of aliphatic hydroxyl groups excluding tert-OH is 1. The third kappa shape index (κ3) is 4.02. The molecule has 0 amide bonds. The van der Waals surface area contributed by atoms with Gasteiger partial charge >= 0.3 is 0 Å². The number of methoxy groups -OCH3 is 2. The second-order valence-corrected chi connectivity index (χ2v) is 7.91. The molecule has 5 heteroatoms. The van der Waals surface area contributed by atoms with Crippen LogP contribution < -0.4 is 9.47 Å². The van der Waals surface area contributed by atoms with Crippen molar-refractivity contribution in [2.45, 2.75) is 37.6 Å². The lowest BCUT2D eigenvalue weighted by molar-refractivity contribution is 0.0435. The fraction of sp³-hybridized carbons (Fsp3) is 0.478. The normalized spacial score (nSPS) is 25.5. The predicted octanol–water partition coefficient (Wildman–Crippen LogP) is 2.57. The van der Waals surface area contributed by atoms with Crippen molar-refractivity contribution in [2.24, 2.45) is 0 Å². The maximum Gasteiger partial charge on any atom is 0.127 e. The summed E-state index contributed by atoms with van der Waals surface area (Å²) >= 11 is 0. The monoisotopic (exact) mass is 382 g/mol. The minimum absolute atomic E-state index is 0.205. The van der Waals surface area contributed by atoms with Crippen LogP contribution in [0.2, 0.25) is 0 Å². The summed E-state index contributed by atoms with van der Waals surface area (Å²) in [5.41, 5.74) is 2.44. The van der Waals surface area contributed by atoms with E-state index in [1.807, 2.05) is 18.2 Å². The summed E-state index contributed by atoms with van der Waals surface area (Å²) in [5.74, 6) is 1.73. The Balaban J connectivity index is 1.60. The van der Waals surface area contributed by atoms with Crippen LogP contribution in [0.15, 0.2) is 48.5 Å². The van der Waals surface area contributed by atoms with E-state index in [0.717, 1.165) is 56.1 Å². The molecule has 0 unspecified atom stereocenters. The smallest absolute Gasteiger partial charge is 0.127 e. The van der Waals surface area contributed by atoms with Crippen LogP contribution in [0, 0.1) is 0 Å². The van der Waals surface area contributed by atoms with Crippen molar-refractivity contribution < 1.29 is 14.6 Å². The van der Waals surface area contributed by atoms with Crippen molar-refractivity contribution in [3.05, 3.63) is 59.7 Å². The lowest BCUT2D eigenvalue weighted by atomic mass is 9.98. The molecule has 0 aromatic heterocycles. The molecule has 2 heterocycles. The summed E-state index contributed by atoms with van der Waals surface area (Å²) in [6.45, 7) is 3.51. The molecule has 2 fully saturated rings. The van der Waals surface area contributed by atoms with Crippen LogP contribution in [-0.4, -0.2) is 66.9 Å². The number of piperazine rings is 1. The maximum atomic E-state index is 10.2. The number of ether oxygens (including phenoxy) is 2. The minimum Gasteiger partial charge on any atom is -0.496 e. The van der Waals surface area contributed by atoms with Crippen LogP contribution in [0.25, 0.3) is 0 Å². The molecule has 28 heavy (non-hydrogen) atoms. The van der Waals surface area contributed by atoms with Crippen molar-refractivity contribution in [2.75, 3.05) is 33.9 Å². The van der Waals surface area contributed by atoms with Crippen molar-refractivity contribution in [1.29, 1.82) is 0 Å². The van der Waals surface area contributed by atoms with E-state index in [2.05, 4.69) is 40.1 Å². The Kier molecular flexibility index (Phi) is 5.85. The SMILES string of the molecule is COc1cccc(OC)c1CN1C[C@@H]2C[C@@H](O)CN2C[C@@H]1Cc1ccccc1. The molecule has 0 saturated carbocycles. The Morgan fingerprint density at radius 2 is 1.64 bits per heavy atom. The van der Waals surface area contributed by atoms with Gasteiger partial charge in [-0.2, -0.15) is 0 Å². The van der Waals surface area contributed by atoms with E-state index < -0.39 is 0 Å². The van der Waals surface area contributed by atoms with Crippen molar-refractivity contribution in [1.82, 2.24) is 9.80 Å². The molecule has 0 spiro atoms. The van der Waals surface area contributed by atoms with Gasteiger partial charge in [0.15, 0.2) is 0 Å². The predicted molar refractivity (Wildman–Crippen MR) is 110 cm³/mol. The van der Waals surface area contributed by atoms with Gasteiger partial charge in [0.2, 0.25) is 0 Å². The molecule has 4 rings (SSSR count). The first kappa shape index (κ1) is 19.2. The second kappa shape index (κ2) is 8.52. The van der Waals surface area contributed by atoms with Gasteiger partial charge in [0.05, 0.1) is 25.9 Å². The Morgan fingerprint density at radius 3 is 2.32 bits per heavy atom. The summed E-state index contributed by atoms with van der Waals surface area (Å²) in [7, 11) is 3.43. The highest BCUT2D eigenvalue weighted by Crippen LogP contribution is 2.33. The molecule has 2 aliphatic rings. The first-order chi connectivity index (χ1) is 13.7. The molecule has 2 aliphatic heterocycles. The van der Waals surface area contributed by atoms with Crippen LogP contribution in [0.4, 0.5) is 0 Å². The highest BCUT2D eigenvalue weighted by atomic mass is 16.5. The summed E-state index contributed by atoms with van der Waals surface area (Å²) in [6.07, 6.45) is 1.65. The molecule has 2 aromatic rings. The molecule has 5 nitrogen and oxygen atoms in total. The zero-order chi connectivity index (χ0) is 19.5. The van der Waals surface area contributed by atoms with E-state index >= 15 is 0 Å². The fourth-order valence-electron chi connectivity index (χ4n) is 4.74. The van der Waals surface area contributed by atoms with E-state index in [4.69, 9.17) is 9.47 Å². The quantitative estimate of drug-likeness (QED) is 0.832. The average molecular weight is 383 g/mol. The summed E-state index contributed by atoms with van der Waals surface area (Å²) < 4.78 is 11.3. The minimum atomic E-state index is -0.205. The molecule has 0 aliphatic carbocycles. The third-order valence-electron chi connectivity index (χ3n) is 6.12. The molecule has 1 N–H and O–H groups in total. The number of rotatable bonds is 6. The summed E-state index contributed by atoms with van der Waals surface area (Å²) in [6, 6.07) is 17.4. The molecule has 2 aromatic carbocycles. The Bertz CT molecular complexity index is 760. The average Bonchev–Trinajstić information content (AvgIpc) is 3.08.